The summed E-state index contributed by atoms with van der Waals surface area (Å²) in [5.41, 5.74) is 1.40. The first-order valence-corrected chi connectivity index (χ1v) is 11.5. The molecule has 2 aromatic carbocycles. The average Bonchev–Trinajstić information content (AvgIpc) is 2.95. The van der Waals surface area contributed by atoms with Crippen molar-refractivity contribution in [1.29, 1.82) is 0 Å². The van der Waals surface area contributed by atoms with Crippen LogP contribution in [0.25, 0.3) is 0 Å². The highest BCUT2D eigenvalue weighted by Crippen LogP contribution is 2.21. The molecule has 155 valence electrons. The first kappa shape index (κ1) is 21.6. The summed E-state index contributed by atoms with van der Waals surface area (Å²) < 4.78 is 12.1. The number of ether oxygens (including phenoxy) is 1. The van der Waals surface area contributed by atoms with E-state index >= 15 is 0 Å². The molecule has 1 radical (unpaired) electrons. The van der Waals surface area contributed by atoms with Crippen molar-refractivity contribution in [3.63, 3.8) is 0 Å². The molecule has 2 aromatic rings. The Kier molecular flexibility index (Phi) is 7.11. The van der Waals surface area contributed by atoms with Crippen molar-refractivity contribution in [3.8, 4) is 0 Å². The second-order valence-electron chi connectivity index (χ2n) is 8.50. The Balaban J connectivity index is 1.77. The summed E-state index contributed by atoms with van der Waals surface area (Å²) in [5, 5.41) is 11.7. The molecule has 1 amide bonds. The van der Waals surface area contributed by atoms with Crippen LogP contribution in [0, 0.1) is 5.92 Å². The molecular weight excluding hydrogens is 382 g/mol. The van der Waals surface area contributed by atoms with Gasteiger partial charge in [-0.15, -0.1) is 0 Å². The summed E-state index contributed by atoms with van der Waals surface area (Å²) in [6.07, 6.45) is -0.896. The van der Waals surface area contributed by atoms with E-state index in [4.69, 9.17) is 9.16 Å². The molecule has 6 heteroatoms. The number of hydrogen-bond donors (Lipinski definition) is 1. The quantitative estimate of drug-likeness (QED) is 0.767. The van der Waals surface area contributed by atoms with Gasteiger partial charge in [0.05, 0.1) is 13.2 Å². The van der Waals surface area contributed by atoms with E-state index in [0.717, 1.165) is 0 Å². The normalized spacial score (nSPS) is 17.9. The molecule has 1 atom stereocenters. The van der Waals surface area contributed by atoms with Gasteiger partial charge in [-0.1, -0.05) is 75.4 Å². The topological polar surface area (TPSA) is 59.0 Å². The zero-order valence-corrected chi connectivity index (χ0v) is 18.4. The lowest BCUT2D eigenvalue weighted by Crippen LogP contribution is -2.47. The molecule has 1 saturated heterocycles. The SMILES string of the molecule is CC(C)(C)c1ccc([Si](OCC2COCCN(C(=O)O)C2)c2ccccc2)cc1. The van der Waals surface area contributed by atoms with Gasteiger partial charge in [0.1, 0.15) is 0 Å². The van der Waals surface area contributed by atoms with Crippen molar-refractivity contribution in [2.24, 2.45) is 5.92 Å². The van der Waals surface area contributed by atoms with Crippen molar-refractivity contribution in [1.82, 2.24) is 4.90 Å². The monoisotopic (exact) mass is 412 g/mol. The Morgan fingerprint density at radius 3 is 2.41 bits per heavy atom. The molecule has 1 N–H and O–H groups in total. The molecule has 3 rings (SSSR count). The molecule has 1 aliphatic heterocycles. The highest BCUT2D eigenvalue weighted by molar-refractivity contribution is 6.80. The van der Waals surface area contributed by atoms with Gasteiger partial charge in [-0.05, 0) is 21.4 Å². The maximum absolute atomic E-state index is 11.4. The highest BCUT2D eigenvalue weighted by atomic mass is 28.3. The summed E-state index contributed by atoms with van der Waals surface area (Å²) in [5.74, 6) is 0.0335. The summed E-state index contributed by atoms with van der Waals surface area (Å²) in [6, 6.07) is 19.0. The van der Waals surface area contributed by atoms with Crippen LogP contribution in [0.5, 0.6) is 0 Å². The Labute approximate surface area is 175 Å². The van der Waals surface area contributed by atoms with E-state index < -0.39 is 15.1 Å². The van der Waals surface area contributed by atoms with E-state index in [2.05, 4.69) is 57.2 Å². The number of hydrogen-bond acceptors (Lipinski definition) is 3. The fourth-order valence-electron chi connectivity index (χ4n) is 3.40. The van der Waals surface area contributed by atoms with Crippen LogP contribution in [0.1, 0.15) is 26.3 Å². The van der Waals surface area contributed by atoms with Gasteiger partial charge in [0.25, 0.3) is 9.04 Å². The molecule has 0 aromatic heterocycles. The van der Waals surface area contributed by atoms with Crippen LogP contribution in [0.2, 0.25) is 0 Å². The first-order chi connectivity index (χ1) is 13.8. The third-order valence-corrected chi connectivity index (χ3v) is 7.29. The molecule has 1 fully saturated rings. The Morgan fingerprint density at radius 1 is 1.14 bits per heavy atom. The average molecular weight is 413 g/mol. The van der Waals surface area contributed by atoms with Crippen LogP contribution in [0.4, 0.5) is 4.79 Å². The number of carbonyl (C=O) groups is 1. The predicted octanol–water partition coefficient (Wildman–Crippen LogP) is 2.73. The van der Waals surface area contributed by atoms with Gasteiger partial charge in [-0.25, -0.2) is 4.79 Å². The zero-order valence-electron chi connectivity index (χ0n) is 17.4. The smallest absolute Gasteiger partial charge is 0.407 e. The molecule has 1 unspecified atom stereocenters. The van der Waals surface area contributed by atoms with Gasteiger partial charge in [0, 0.05) is 25.6 Å². The maximum Gasteiger partial charge on any atom is 0.407 e. The summed E-state index contributed by atoms with van der Waals surface area (Å²) in [4.78, 5) is 12.8. The second kappa shape index (κ2) is 9.56. The minimum atomic E-state index is -1.43. The first-order valence-electron chi connectivity index (χ1n) is 10.1. The van der Waals surface area contributed by atoms with E-state index in [-0.39, 0.29) is 11.3 Å². The van der Waals surface area contributed by atoms with Gasteiger partial charge < -0.3 is 19.2 Å². The van der Waals surface area contributed by atoms with Crippen molar-refractivity contribution in [2.75, 3.05) is 32.9 Å². The minimum absolute atomic E-state index is 0.0335. The number of benzene rings is 2. The van der Waals surface area contributed by atoms with Crippen LogP contribution in [0.15, 0.2) is 54.6 Å². The standard InChI is InChI=1S/C23H30NO4Si/c1-23(2,3)19-9-11-21(12-10-19)29(20-7-5-4-6-8-20)28-17-18-15-24(22(25)26)13-14-27-16-18/h4-12,18H,13-17H2,1-3H3,(H,25,26). The lowest BCUT2D eigenvalue weighted by atomic mass is 9.87. The number of nitrogens with zero attached hydrogens (tertiary/aromatic N) is 1. The van der Waals surface area contributed by atoms with E-state index in [1.807, 2.05) is 18.2 Å². The number of carboxylic acid groups (broad SMARTS) is 1. The molecule has 29 heavy (non-hydrogen) atoms. The summed E-state index contributed by atoms with van der Waals surface area (Å²) >= 11 is 0. The predicted molar refractivity (Wildman–Crippen MR) is 116 cm³/mol. The molecular formula is C23H30NO4Si. The lowest BCUT2D eigenvalue weighted by molar-refractivity contribution is 0.102. The van der Waals surface area contributed by atoms with Gasteiger partial charge in [-0.2, -0.15) is 0 Å². The van der Waals surface area contributed by atoms with Crippen molar-refractivity contribution < 1.29 is 19.1 Å². The minimum Gasteiger partial charge on any atom is -0.465 e. The summed E-state index contributed by atoms with van der Waals surface area (Å²) in [7, 11) is -1.43. The van der Waals surface area contributed by atoms with Crippen molar-refractivity contribution in [3.05, 3.63) is 60.2 Å². The summed E-state index contributed by atoms with van der Waals surface area (Å²) in [6.45, 7) is 8.93. The van der Waals surface area contributed by atoms with Crippen molar-refractivity contribution >= 4 is 25.5 Å². The fraction of sp³-hybridized carbons (Fsp3) is 0.435. The third kappa shape index (κ3) is 5.92. The molecule has 5 nitrogen and oxygen atoms in total. The third-order valence-electron chi connectivity index (χ3n) is 5.12. The molecule has 0 saturated carbocycles. The van der Waals surface area contributed by atoms with Crippen LogP contribution in [-0.2, 0) is 14.6 Å². The molecule has 0 aliphatic carbocycles. The van der Waals surface area contributed by atoms with Crippen LogP contribution in [0.3, 0.4) is 0 Å². The molecule has 0 spiro atoms. The van der Waals surface area contributed by atoms with E-state index in [9.17, 15) is 9.90 Å². The molecule has 1 aliphatic rings. The van der Waals surface area contributed by atoms with Crippen molar-refractivity contribution in [2.45, 2.75) is 26.2 Å². The second-order valence-corrected chi connectivity index (χ2v) is 10.6. The Bertz CT molecular complexity index is 789. The largest absolute Gasteiger partial charge is 0.465 e. The maximum atomic E-state index is 11.4. The zero-order chi connectivity index (χ0) is 20.9. The van der Waals surface area contributed by atoms with Gasteiger partial charge in [-0.3, -0.25) is 0 Å². The highest BCUT2D eigenvalue weighted by Gasteiger charge is 2.26. The fourth-order valence-corrected chi connectivity index (χ4v) is 5.43. The Morgan fingerprint density at radius 2 is 1.79 bits per heavy atom. The van der Waals surface area contributed by atoms with Crippen LogP contribution < -0.4 is 10.4 Å². The Hall–Kier alpha value is -2.15. The number of rotatable bonds is 5. The van der Waals surface area contributed by atoms with E-state index in [1.54, 1.807) is 0 Å². The lowest BCUT2D eigenvalue weighted by Gasteiger charge is -2.24. The van der Waals surface area contributed by atoms with Gasteiger partial charge >= 0.3 is 6.09 Å². The van der Waals surface area contributed by atoms with Crippen LogP contribution in [-0.4, -0.2) is 58.1 Å². The molecule has 0 bridgehead atoms. The molecule has 1 heterocycles. The van der Waals surface area contributed by atoms with Gasteiger partial charge in [0.15, 0.2) is 0 Å². The van der Waals surface area contributed by atoms with Crippen LogP contribution >= 0.6 is 0 Å². The van der Waals surface area contributed by atoms with E-state index in [0.29, 0.717) is 32.9 Å². The van der Waals surface area contributed by atoms with E-state index in [1.165, 1.54) is 20.8 Å². The van der Waals surface area contributed by atoms with Gasteiger partial charge in [0.2, 0.25) is 0 Å². The number of amides is 1.